The van der Waals surface area contributed by atoms with Gasteiger partial charge in [-0.25, -0.2) is 4.98 Å². The van der Waals surface area contributed by atoms with Crippen LogP contribution in [0.1, 0.15) is 38.8 Å². The van der Waals surface area contributed by atoms with Crippen LogP contribution in [0.2, 0.25) is 0 Å². The minimum atomic E-state index is 0.356. The maximum atomic E-state index is 5.76. The van der Waals surface area contributed by atoms with Crippen LogP contribution in [0, 0.1) is 18.3 Å². The molecule has 0 atom stereocenters. The van der Waals surface area contributed by atoms with E-state index in [0.29, 0.717) is 5.41 Å². The number of nitrogens with two attached hydrogens (primary N) is 1. The summed E-state index contributed by atoms with van der Waals surface area (Å²) >= 11 is 0. The van der Waals surface area contributed by atoms with Crippen molar-refractivity contribution in [2.45, 2.75) is 40.0 Å². The quantitative estimate of drug-likeness (QED) is 0.839. The van der Waals surface area contributed by atoms with Crippen molar-refractivity contribution in [2.24, 2.45) is 11.3 Å². The molecular formula is C14H23N3. The third kappa shape index (κ3) is 2.71. The Morgan fingerprint density at radius 1 is 1.41 bits per heavy atom. The van der Waals surface area contributed by atoms with E-state index in [1.165, 1.54) is 19.3 Å². The first-order valence-corrected chi connectivity index (χ1v) is 6.46. The number of nitrogens with zero attached hydrogens (tertiary/aromatic N) is 1. The molecule has 0 unspecified atom stereocenters. The van der Waals surface area contributed by atoms with Gasteiger partial charge in [0.1, 0.15) is 5.82 Å². The Morgan fingerprint density at radius 3 is 2.65 bits per heavy atom. The largest absolute Gasteiger partial charge is 0.397 e. The molecule has 1 aromatic heterocycles. The van der Waals surface area contributed by atoms with E-state index >= 15 is 0 Å². The molecule has 3 N–H and O–H groups in total. The van der Waals surface area contributed by atoms with E-state index in [1.54, 1.807) is 0 Å². The zero-order valence-corrected chi connectivity index (χ0v) is 11.1. The predicted octanol–water partition coefficient (Wildman–Crippen LogP) is 3.21. The SMILES string of the molecule is Cc1nc(NCC(C)(C)C2CCC2)ccc1N. The molecule has 1 aliphatic carbocycles. The summed E-state index contributed by atoms with van der Waals surface area (Å²) in [4.78, 5) is 4.44. The van der Waals surface area contributed by atoms with Crippen LogP contribution in [0.15, 0.2) is 12.1 Å². The Bertz CT molecular complexity index is 394. The highest BCUT2D eigenvalue weighted by Gasteiger charge is 2.33. The van der Waals surface area contributed by atoms with Crippen LogP contribution in [0.25, 0.3) is 0 Å². The molecule has 1 aliphatic rings. The highest BCUT2D eigenvalue weighted by Crippen LogP contribution is 2.41. The number of rotatable bonds is 4. The van der Waals surface area contributed by atoms with Crippen LogP contribution in [-0.2, 0) is 0 Å². The van der Waals surface area contributed by atoms with Gasteiger partial charge in [0.25, 0.3) is 0 Å². The highest BCUT2D eigenvalue weighted by molar-refractivity contribution is 5.49. The van der Waals surface area contributed by atoms with Gasteiger partial charge in [0.2, 0.25) is 0 Å². The summed E-state index contributed by atoms with van der Waals surface area (Å²) in [6.45, 7) is 7.60. The van der Waals surface area contributed by atoms with E-state index in [9.17, 15) is 0 Å². The molecule has 0 amide bonds. The predicted molar refractivity (Wildman–Crippen MR) is 73.0 cm³/mol. The Morgan fingerprint density at radius 2 is 2.12 bits per heavy atom. The molecule has 1 aromatic rings. The van der Waals surface area contributed by atoms with Crippen molar-refractivity contribution in [1.82, 2.24) is 4.98 Å². The van der Waals surface area contributed by atoms with Crippen molar-refractivity contribution in [3.63, 3.8) is 0 Å². The fourth-order valence-corrected chi connectivity index (χ4v) is 2.32. The van der Waals surface area contributed by atoms with Crippen molar-refractivity contribution in [2.75, 3.05) is 17.6 Å². The fourth-order valence-electron chi connectivity index (χ4n) is 2.32. The molecule has 2 rings (SSSR count). The number of aromatic nitrogens is 1. The van der Waals surface area contributed by atoms with E-state index in [0.717, 1.165) is 29.7 Å². The first-order valence-electron chi connectivity index (χ1n) is 6.46. The average molecular weight is 233 g/mol. The summed E-state index contributed by atoms with van der Waals surface area (Å²) in [6, 6.07) is 3.88. The minimum absolute atomic E-state index is 0.356. The number of nitrogens with one attached hydrogen (secondary N) is 1. The fraction of sp³-hybridized carbons (Fsp3) is 0.643. The second kappa shape index (κ2) is 4.55. The molecule has 17 heavy (non-hydrogen) atoms. The first-order chi connectivity index (χ1) is 7.99. The number of pyridine rings is 1. The lowest BCUT2D eigenvalue weighted by molar-refractivity contribution is 0.134. The zero-order valence-electron chi connectivity index (χ0n) is 11.1. The standard InChI is InChI=1S/C14H23N3/c1-10-12(15)7-8-13(17-10)16-9-14(2,3)11-5-4-6-11/h7-8,11H,4-6,9,15H2,1-3H3,(H,16,17). The summed E-state index contributed by atoms with van der Waals surface area (Å²) in [5.74, 6) is 1.80. The molecular weight excluding hydrogens is 210 g/mol. The highest BCUT2D eigenvalue weighted by atomic mass is 15.0. The van der Waals surface area contributed by atoms with Crippen LogP contribution in [0.5, 0.6) is 0 Å². The average Bonchev–Trinajstić information content (AvgIpc) is 2.17. The van der Waals surface area contributed by atoms with Gasteiger partial charge in [0.15, 0.2) is 0 Å². The Labute approximate surface area is 104 Å². The summed E-state index contributed by atoms with van der Waals surface area (Å²) in [5, 5.41) is 3.44. The second-order valence-corrected chi connectivity index (χ2v) is 5.84. The molecule has 94 valence electrons. The molecule has 3 heteroatoms. The maximum absolute atomic E-state index is 5.76. The van der Waals surface area contributed by atoms with E-state index in [2.05, 4.69) is 24.1 Å². The molecule has 0 bridgehead atoms. The van der Waals surface area contributed by atoms with E-state index in [1.807, 2.05) is 19.1 Å². The van der Waals surface area contributed by atoms with Crippen LogP contribution >= 0.6 is 0 Å². The Kier molecular flexibility index (Phi) is 3.27. The van der Waals surface area contributed by atoms with E-state index < -0.39 is 0 Å². The second-order valence-electron chi connectivity index (χ2n) is 5.84. The number of hydrogen-bond donors (Lipinski definition) is 2. The smallest absolute Gasteiger partial charge is 0.126 e. The topological polar surface area (TPSA) is 50.9 Å². The van der Waals surface area contributed by atoms with Crippen LogP contribution in [0.4, 0.5) is 11.5 Å². The summed E-state index contributed by atoms with van der Waals surface area (Å²) in [7, 11) is 0. The molecule has 1 saturated carbocycles. The van der Waals surface area contributed by atoms with Gasteiger partial charge in [0.05, 0.1) is 11.4 Å². The molecule has 0 spiro atoms. The van der Waals surface area contributed by atoms with Gasteiger partial charge < -0.3 is 11.1 Å². The molecule has 0 aromatic carbocycles. The van der Waals surface area contributed by atoms with E-state index in [-0.39, 0.29) is 0 Å². The molecule has 1 fully saturated rings. The van der Waals surface area contributed by atoms with Crippen LogP contribution in [0.3, 0.4) is 0 Å². The molecule has 0 radical (unpaired) electrons. The third-order valence-corrected chi connectivity index (χ3v) is 4.06. The Hall–Kier alpha value is -1.25. The first kappa shape index (κ1) is 12.2. The van der Waals surface area contributed by atoms with Gasteiger partial charge in [-0.2, -0.15) is 0 Å². The van der Waals surface area contributed by atoms with Gasteiger partial charge in [0, 0.05) is 6.54 Å². The summed E-state index contributed by atoms with van der Waals surface area (Å²) in [6.07, 6.45) is 4.15. The molecule has 0 aliphatic heterocycles. The van der Waals surface area contributed by atoms with Crippen LogP contribution in [-0.4, -0.2) is 11.5 Å². The summed E-state index contributed by atoms with van der Waals surface area (Å²) < 4.78 is 0. The maximum Gasteiger partial charge on any atom is 0.126 e. The van der Waals surface area contributed by atoms with Gasteiger partial charge in [-0.05, 0) is 43.2 Å². The van der Waals surface area contributed by atoms with Crippen molar-refractivity contribution in [3.8, 4) is 0 Å². The monoisotopic (exact) mass is 233 g/mol. The van der Waals surface area contributed by atoms with Crippen molar-refractivity contribution in [3.05, 3.63) is 17.8 Å². The number of hydrogen-bond acceptors (Lipinski definition) is 3. The minimum Gasteiger partial charge on any atom is -0.397 e. The van der Waals surface area contributed by atoms with Crippen molar-refractivity contribution < 1.29 is 0 Å². The molecule has 1 heterocycles. The van der Waals surface area contributed by atoms with Gasteiger partial charge >= 0.3 is 0 Å². The van der Waals surface area contributed by atoms with Gasteiger partial charge in [-0.3, -0.25) is 0 Å². The lowest BCUT2D eigenvalue weighted by Crippen LogP contribution is -2.35. The normalized spacial score (nSPS) is 16.6. The molecule has 3 nitrogen and oxygen atoms in total. The lowest BCUT2D eigenvalue weighted by Gasteiger charge is -2.40. The molecule has 0 saturated heterocycles. The number of nitrogen functional groups attached to an aromatic ring is 1. The summed E-state index contributed by atoms with van der Waals surface area (Å²) in [5.41, 5.74) is 7.77. The zero-order chi connectivity index (χ0) is 12.5. The number of aryl methyl sites for hydroxylation is 1. The van der Waals surface area contributed by atoms with Crippen LogP contribution < -0.4 is 11.1 Å². The van der Waals surface area contributed by atoms with E-state index in [4.69, 9.17) is 5.73 Å². The van der Waals surface area contributed by atoms with Crippen molar-refractivity contribution in [1.29, 1.82) is 0 Å². The lowest BCUT2D eigenvalue weighted by atomic mass is 9.67. The van der Waals surface area contributed by atoms with Gasteiger partial charge in [-0.15, -0.1) is 0 Å². The van der Waals surface area contributed by atoms with Crippen molar-refractivity contribution >= 4 is 11.5 Å². The van der Waals surface area contributed by atoms with Gasteiger partial charge in [-0.1, -0.05) is 20.3 Å². The Balaban J connectivity index is 1.94. The third-order valence-electron chi connectivity index (χ3n) is 4.06. The number of anilines is 2.